The lowest BCUT2D eigenvalue weighted by Crippen LogP contribution is -2.49. The second-order valence-corrected chi connectivity index (χ2v) is 12.2. The summed E-state index contributed by atoms with van der Waals surface area (Å²) in [4.78, 5) is 68.8. The van der Waals surface area contributed by atoms with Gasteiger partial charge in [-0.25, -0.2) is 0 Å². The van der Waals surface area contributed by atoms with Crippen LogP contribution in [0, 0.1) is 0 Å². The molecule has 0 bridgehead atoms. The molecule has 0 aliphatic carbocycles. The summed E-state index contributed by atoms with van der Waals surface area (Å²) in [5.74, 6) is -3.49. The highest BCUT2D eigenvalue weighted by Gasteiger charge is 2.21. The van der Waals surface area contributed by atoms with Gasteiger partial charge in [0.1, 0.15) is 0 Å². The lowest BCUT2D eigenvalue weighted by Gasteiger charge is -2.32. The number of carbonyl (C=O) groups excluding carboxylic acids is 2. The van der Waals surface area contributed by atoms with Crippen LogP contribution >= 0.6 is 0 Å². The van der Waals surface area contributed by atoms with Crippen molar-refractivity contribution >= 4 is 35.4 Å². The van der Waals surface area contributed by atoms with E-state index in [1.54, 1.807) is 39.0 Å². The maximum atomic E-state index is 12.8. The van der Waals surface area contributed by atoms with Crippen molar-refractivity contribution in [2.24, 2.45) is 5.11 Å². The van der Waals surface area contributed by atoms with Crippen LogP contribution in [0.4, 0.5) is 5.69 Å². The van der Waals surface area contributed by atoms with Gasteiger partial charge in [-0.1, -0.05) is 17.2 Å². The van der Waals surface area contributed by atoms with E-state index in [1.165, 1.54) is 0 Å². The zero-order valence-corrected chi connectivity index (χ0v) is 30.1. The summed E-state index contributed by atoms with van der Waals surface area (Å²) < 4.78 is 16.6. The fourth-order valence-electron chi connectivity index (χ4n) is 5.20. The summed E-state index contributed by atoms with van der Waals surface area (Å²) in [5, 5.41) is 37.2. The molecule has 2 amide bonds. The summed E-state index contributed by atoms with van der Waals surface area (Å²) in [6.07, 6.45) is 1.21. The van der Waals surface area contributed by atoms with Gasteiger partial charge in [-0.05, 0) is 30.5 Å². The highest BCUT2D eigenvalue weighted by atomic mass is 16.5. The van der Waals surface area contributed by atoms with Crippen LogP contribution in [0.25, 0.3) is 10.4 Å². The van der Waals surface area contributed by atoms with Crippen LogP contribution in [0.2, 0.25) is 0 Å². The summed E-state index contributed by atoms with van der Waals surface area (Å²) in [6, 6.07) is 6.32. The van der Waals surface area contributed by atoms with Gasteiger partial charge in [0.05, 0.1) is 52.6 Å². The number of carboxylic acids is 3. The second kappa shape index (κ2) is 27.2. The van der Waals surface area contributed by atoms with Crippen molar-refractivity contribution < 1.29 is 53.5 Å². The van der Waals surface area contributed by atoms with Crippen molar-refractivity contribution in [3.63, 3.8) is 0 Å². The number of nitrogens with zero attached hydrogens (tertiary/aromatic N) is 7. The molecule has 20 heteroatoms. The number of rotatable bonds is 24. The van der Waals surface area contributed by atoms with E-state index >= 15 is 0 Å². The maximum Gasteiger partial charge on any atom is 0.317 e. The van der Waals surface area contributed by atoms with Gasteiger partial charge in [-0.3, -0.25) is 43.6 Å². The van der Waals surface area contributed by atoms with Gasteiger partial charge in [-0.2, -0.15) is 0 Å². The highest BCUT2D eigenvalue weighted by molar-refractivity contribution is 5.94. The molecule has 1 aliphatic rings. The van der Waals surface area contributed by atoms with Gasteiger partial charge in [0.15, 0.2) is 0 Å². The minimum Gasteiger partial charge on any atom is -0.480 e. The zero-order valence-electron chi connectivity index (χ0n) is 30.1. The van der Waals surface area contributed by atoms with Crippen LogP contribution < -0.4 is 10.6 Å². The number of hydrogen-bond donors (Lipinski definition) is 5. The Bertz CT molecular complexity index is 1280. The topological polar surface area (TPSA) is 260 Å². The predicted molar refractivity (Wildman–Crippen MR) is 191 cm³/mol. The van der Waals surface area contributed by atoms with Gasteiger partial charge in [0.25, 0.3) is 5.91 Å². The first-order valence-electron chi connectivity index (χ1n) is 17.5. The van der Waals surface area contributed by atoms with Crippen molar-refractivity contribution in [2.45, 2.75) is 12.8 Å². The van der Waals surface area contributed by atoms with Crippen LogP contribution in [0.15, 0.2) is 29.4 Å². The number of carbonyl (C=O) groups is 5. The molecule has 20 nitrogen and oxygen atoms in total. The van der Waals surface area contributed by atoms with Crippen LogP contribution in [0.1, 0.15) is 23.2 Å². The van der Waals surface area contributed by atoms with E-state index in [0.29, 0.717) is 129 Å². The molecule has 0 unspecified atom stereocenters. The average molecular weight is 752 g/mol. The molecule has 0 saturated carbocycles. The predicted octanol–water partition coefficient (Wildman–Crippen LogP) is -0.220. The molecule has 2 rings (SSSR count). The molecule has 1 saturated heterocycles. The first kappa shape index (κ1) is 44.8. The third kappa shape index (κ3) is 22.3. The van der Waals surface area contributed by atoms with Crippen molar-refractivity contribution in [1.29, 1.82) is 0 Å². The van der Waals surface area contributed by atoms with E-state index in [0.717, 1.165) is 0 Å². The van der Waals surface area contributed by atoms with Gasteiger partial charge in [-0.15, -0.1) is 0 Å². The lowest BCUT2D eigenvalue weighted by atomic mass is 10.2. The fraction of sp³-hybridized carbons (Fsp3) is 0.667. The summed E-state index contributed by atoms with van der Waals surface area (Å²) in [5.41, 5.74) is 9.34. The zero-order chi connectivity index (χ0) is 38.7. The number of aliphatic carboxylic acids is 3. The summed E-state index contributed by atoms with van der Waals surface area (Å²) in [7, 11) is 0. The van der Waals surface area contributed by atoms with Gasteiger partial charge in [0, 0.05) is 94.8 Å². The van der Waals surface area contributed by atoms with Gasteiger partial charge < -0.3 is 40.2 Å². The first-order valence-corrected chi connectivity index (χ1v) is 17.5. The standard InChI is InChI=1S/C33H53N9O11/c34-38-37-28-5-3-27(4-6-28)33(50)36-8-2-18-52-20-22-53-21-19-51-17-1-7-35-29(43)23-39-9-11-40(24-30(44)45)13-15-42(26-32(48)49)16-14-41(12-10-39)25-31(46)47/h3-6H,1-2,7-26H2,(H,35,43)(H,36,50)(H,44,45)(H,46,47)(H,48,49). The Labute approximate surface area is 308 Å². The molecule has 5 N–H and O–H groups in total. The Kier molecular flexibility index (Phi) is 23.0. The van der Waals surface area contributed by atoms with Gasteiger partial charge >= 0.3 is 17.9 Å². The molecule has 0 radical (unpaired) electrons. The minimum atomic E-state index is -1.02. The molecule has 1 heterocycles. The number of ether oxygens (including phenoxy) is 3. The monoisotopic (exact) mass is 751 g/mol. The molecule has 0 spiro atoms. The molecule has 1 aromatic carbocycles. The first-order chi connectivity index (χ1) is 25.5. The number of hydrogen-bond acceptors (Lipinski definition) is 13. The van der Waals surface area contributed by atoms with Gasteiger partial charge in [0.2, 0.25) is 5.91 Å². The Morgan fingerprint density at radius 2 is 0.981 bits per heavy atom. The van der Waals surface area contributed by atoms with E-state index in [4.69, 9.17) is 19.7 Å². The molecule has 1 aromatic rings. The molecule has 296 valence electrons. The fourth-order valence-corrected chi connectivity index (χ4v) is 5.20. The Morgan fingerprint density at radius 1 is 0.604 bits per heavy atom. The van der Waals surface area contributed by atoms with E-state index in [2.05, 4.69) is 20.7 Å². The number of nitrogens with one attached hydrogen (secondary N) is 2. The van der Waals surface area contributed by atoms with E-state index in [-0.39, 0.29) is 38.0 Å². The Morgan fingerprint density at radius 3 is 1.38 bits per heavy atom. The van der Waals surface area contributed by atoms with Crippen LogP contribution in [-0.4, -0.2) is 196 Å². The average Bonchev–Trinajstić information content (AvgIpc) is 3.10. The maximum absolute atomic E-state index is 12.8. The summed E-state index contributed by atoms with van der Waals surface area (Å²) in [6.45, 7) is 5.24. The number of amides is 2. The summed E-state index contributed by atoms with van der Waals surface area (Å²) >= 11 is 0. The molecule has 0 atom stereocenters. The van der Waals surface area contributed by atoms with E-state index in [9.17, 15) is 39.3 Å². The largest absolute Gasteiger partial charge is 0.480 e. The van der Waals surface area contributed by atoms with Crippen molar-refractivity contribution in [3.8, 4) is 0 Å². The van der Waals surface area contributed by atoms with Crippen molar-refractivity contribution in [2.75, 3.05) is 131 Å². The van der Waals surface area contributed by atoms with E-state index in [1.807, 2.05) is 4.90 Å². The smallest absolute Gasteiger partial charge is 0.317 e. The Hall–Kier alpha value is -4.40. The van der Waals surface area contributed by atoms with Crippen LogP contribution in [0.5, 0.6) is 0 Å². The lowest BCUT2D eigenvalue weighted by molar-refractivity contribution is -0.140. The van der Waals surface area contributed by atoms with Crippen LogP contribution in [0.3, 0.4) is 0 Å². The highest BCUT2D eigenvalue weighted by Crippen LogP contribution is 2.13. The SMILES string of the molecule is [N-]=[N+]=Nc1ccc(C(=O)NCCCOCCOCCOCCCNC(=O)CN2CCN(CC(=O)O)CCN(CC(=O)O)CCN(CC(=O)O)CC2)cc1. The molecule has 1 aliphatic heterocycles. The third-order valence-corrected chi connectivity index (χ3v) is 7.95. The number of carboxylic acid groups (broad SMARTS) is 3. The minimum absolute atomic E-state index is 0.0496. The second-order valence-electron chi connectivity index (χ2n) is 12.2. The molecule has 1 fully saturated rings. The normalized spacial score (nSPS) is 15.4. The number of benzene rings is 1. The molecule has 53 heavy (non-hydrogen) atoms. The molecular formula is C33H53N9O11. The van der Waals surface area contributed by atoms with Crippen molar-refractivity contribution in [3.05, 3.63) is 40.3 Å². The van der Waals surface area contributed by atoms with Crippen LogP contribution in [-0.2, 0) is 33.4 Å². The third-order valence-electron chi connectivity index (χ3n) is 7.95. The van der Waals surface area contributed by atoms with Crippen molar-refractivity contribution in [1.82, 2.24) is 30.2 Å². The number of azide groups is 1. The molecular weight excluding hydrogens is 698 g/mol. The molecule has 0 aromatic heterocycles. The quantitative estimate of drug-likeness (QED) is 0.0396. The van der Waals surface area contributed by atoms with E-state index < -0.39 is 17.9 Å². The Balaban J connectivity index is 1.58.